The van der Waals surface area contributed by atoms with Gasteiger partial charge in [0, 0.05) is 16.3 Å². The summed E-state index contributed by atoms with van der Waals surface area (Å²) in [5, 5.41) is 9.79. The van der Waals surface area contributed by atoms with E-state index in [-0.39, 0.29) is 0 Å². The lowest BCUT2D eigenvalue weighted by atomic mass is 9.83. The van der Waals surface area contributed by atoms with E-state index in [1.165, 1.54) is 54.6 Å². The van der Waals surface area contributed by atoms with Crippen molar-refractivity contribution in [2.75, 3.05) is 0 Å². The summed E-state index contributed by atoms with van der Waals surface area (Å²) < 4.78 is 6.67. The molecule has 0 spiro atoms. The third kappa shape index (κ3) is 3.58. The summed E-state index contributed by atoms with van der Waals surface area (Å²) in [6.45, 7) is 0. The lowest BCUT2D eigenvalue weighted by molar-refractivity contribution is 0.670. The Morgan fingerprint density at radius 3 is 1.53 bits per heavy atom. The Morgan fingerprint density at radius 1 is 0.326 bits per heavy atom. The molecule has 0 saturated carbocycles. The number of hydrogen-bond acceptors (Lipinski definition) is 1. The highest BCUT2D eigenvalue weighted by Crippen LogP contribution is 2.49. The van der Waals surface area contributed by atoms with E-state index >= 15 is 0 Å². The molecule has 0 radical (unpaired) electrons. The van der Waals surface area contributed by atoms with Gasteiger partial charge in [0.1, 0.15) is 11.2 Å². The number of furan rings is 1. The standard InChI is InChI=1S/C42H26O/c1-2-13-28(14-3-1)30-25-26-37(41-36-22-10-11-24-38(36)43-42(30)41)40-34-20-8-6-18-32(34)39(33-19-7-9-21-35(33)40)31-23-12-16-27-15-4-5-17-29(27)31/h1-26H. The highest BCUT2D eigenvalue weighted by atomic mass is 16.3. The summed E-state index contributed by atoms with van der Waals surface area (Å²) in [4.78, 5) is 0. The fourth-order valence-electron chi connectivity index (χ4n) is 7.03. The van der Waals surface area contributed by atoms with E-state index in [4.69, 9.17) is 4.42 Å². The van der Waals surface area contributed by atoms with Crippen LogP contribution in [0.3, 0.4) is 0 Å². The Morgan fingerprint density at radius 2 is 0.837 bits per heavy atom. The second-order valence-electron chi connectivity index (χ2n) is 11.2. The monoisotopic (exact) mass is 546 g/mol. The van der Waals surface area contributed by atoms with Crippen molar-refractivity contribution in [1.29, 1.82) is 0 Å². The molecule has 9 rings (SSSR count). The van der Waals surface area contributed by atoms with Gasteiger partial charge in [-0.3, -0.25) is 0 Å². The lowest BCUT2D eigenvalue weighted by Gasteiger charge is -2.19. The third-order valence-electron chi connectivity index (χ3n) is 8.87. The van der Waals surface area contributed by atoms with E-state index in [9.17, 15) is 0 Å². The summed E-state index contributed by atoms with van der Waals surface area (Å²) in [6.07, 6.45) is 0. The lowest BCUT2D eigenvalue weighted by Crippen LogP contribution is -1.92. The zero-order chi connectivity index (χ0) is 28.3. The molecule has 9 aromatic rings. The molecule has 43 heavy (non-hydrogen) atoms. The summed E-state index contributed by atoms with van der Waals surface area (Å²) >= 11 is 0. The molecule has 200 valence electrons. The Kier molecular flexibility index (Phi) is 5.27. The van der Waals surface area contributed by atoms with Crippen LogP contribution in [0.5, 0.6) is 0 Å². The van der Waals surface area contributed by atoms with E-state index in [0.717, 1.165) is 33.1 Å². The first-order chi connectivity index (χ1) is 21.4. The van der Waals surface area contributed by atoms with E-state index in [0.29, 0.717) is 0 Å². The molecule has 0 unspecified atom stereocenters. The predicted octanol–water partition coefficient (Wildman–Crippen LogP) is 12.0. The average molecular weight is 547 g/mol. The molecule has 1 heterocycles. The largest absolute Gasteiger partial charge is 0.455 e. The Labute approximate surface area is 249 Å². The average Bonchev–Trinajstić information content (AvgIpc) is 3.47. The maximum Gasteiger partial charge on any atom is 0.143 e. The van der Waals surface area contributed by atoms with Gasteiger partial charge in [0.15, 0.2) is 0 Å². The van der Waals surface area contributed by atoms with Gasteiger partial charge in [-0.05, 0) is 72.3 Å². The summed E-state index contributed by atoms with van der Waals surface area (Å²) in [5.41, 5.74) is 9.06. The SMILES string of the molecule is c1ccc(-c2ccc(-c3c4ccccc4c(-c4cccc5ccccc45)c4ccccc34)c3c2oc2ccccc23)cc1. The number of hydrogen-bond donors (Lipinski definition) is 0. The molecular weight excluding hydrogens is 520 g/mol. The van der Waals surface area contributed by atoms with Gasteiger partial charge in [0.05, 0.1) is 0 Å². The van der Waals surface area contributed by atoms with Gasteiger partial charge >= 0.3 is 0 Å². The van der Waals surface area contributed by atoms with Crippen LogP contribution in [0.15, 0.2) is 162 Å². The maximum atomic E-state index is 6.67. The van der Waals surface area contributed by atoms with Crippen LogP contribution in [0.25, 0.3) is 87.6 Å². The van der Waals surface area contributed by atoms with Gasteiger partial charge in [-0.1, -0.05) is 146 Å². The number of fused-ring (bicyclic) bond motifs is 6. The molecule has 0 N–H and O–H groups in total. The first kappa shape index (κ1) is 24.0. The molecule has 1 nitrogen and oxygen atoms in total. The molecule has 0 fully saturated rings. The molecule has 1 heteroatoms. The fraction of sp³-hybridized carbons (Fsp3) is 0. The molecule has 8 aromatic carbocycles. The van der Waals surface area contributed by atoms with Gasteiger partial charge in [0.25, 0.3) is 0 Å². The maximum absolute atomic E-state index is 6.67. The van der Waals surface area contributed by atoms with Gasteiger partial charge < -0.3 is 4.42 Å². The van der Waals surface area contributed by atoms with Gasteiger partial charge in [0.2, 0.25) is 0 Å². The minimum absolute atomic E-state index is 0.906. The zero-order valence-corrected chi connectivity index (χ0v) is 23.4. The molecule has 0 bridgehead atoms. The first-order valence-corrected chi connectivity index (χ1v) is 14.8. The van der Waals surface area contributed by atoms with E-state index in [2.05, 4.69) is 158 Å². The number of benzene rings is 8. The first-order valence-electron chi connectivity index (χ1n) is 14.8. The molecule has 0 amide bonds. The minimum atomic E-state index is 0.906. The topological polar surface area (TPSA) is 13.1 Å². The predicted molar refractivity (Wildman–Crippen MR) is 183 cm³/mol. The molecular formula is C42H26O. The van der Waals surface area contributed by atoms with Crippen LogP contribution in [-0.2, 0) is 0 Å². The second-order valence-corrected chi connectivity index (χ2v) is 11.2. The number of para-hydroxylation sites is 1. The minimum Gasteiger partial charge on any atom is -0.455 e. The van der Waals surface area contributed by atoms with Crippen molar-refractivity contribution in [2.24, 2.45) is 0 Å². The molecule has 0 aliphatic heterocycles. The van der Waals surface area contributed by atoms with Crippen molar-refractivity contribution in [1.82, 2.24) is 0 Å². The van der Waals surface area contributed by atoms with Crippen LogP contribution in [0.4, 0.5) is 0 Å². The van der Waals surface area contributed by atoms with Crippen LogP contribution in [0, 0.1) is 0 Å². The highest BCUT2D eigenvalue weighted by Gasteiger charge is 2.22. The summed E-state index contributed by atoms with van der Waals surface area (Å²) in [6, 6.07) is 56.6. The smallest absolute Gasteiger partial charge is 0.143 e. The van der Waals surface area contributed by atoms with E-state index in [1.54, 1.807) is 0 Å². The highest BCUT2D eigenvalue weighted by molar-refractivity contribution is 6.27. The van der Waals surface area contributed by atoms with Crippen molar-refractivity contribution in [3.8, 4) is 33.4 Å². The molecule has 1 aromatic heterocycles. The van der Waals surface area contributed by atoms with Crippen LogP contribution in [0.2, 0.25) is 0 Å². The van der Waals surface area contributed by atoms with Crippen LogP contribution < -0.4 is 0 Å². The van der Waals surface area contributed by atoms with Crippen LogP contribution >= 0.6 is 0 Å². The van der Waals surface area contributed by atoms with Gasteiger partial charge in [-0.2, -0.15) is 0 Å². The van der Waals surface area contributed by atoms with Crippen molar-refractivity contribution < 1.29 is 4.42 Å². The van der Waals surface area contributed by atoms with Gasteiger partial charge in [-0.15, -0.1) is 0 Å². The molecule has 0 atom stereocenters. The summed E-state index contributed by atoms with van der Waals surface area (Å²) in [5.74, 6) is 0. The van der Waals surface area contributed by atoms with Crippen molar-refractivity contribution in [3.63, 3.8) is 0 Å². The van der Waals surface area contributed by atoms with Gasteiger partial charge in [-0.25, -0.2) is 0 Å². The quantitative estimate of drug-likeness (QED) is 0.201. The van der Waals surface area contributed by atoms with Crippen molar-refractivity contribution in [3.05, 3.63) is 158 Å². The Bertz CT molecular complexity index is 2440. The van der Waals surface area contributed by atoms with Crippen LogP contribution in [-0.4, -0.2) is 0 Å². The fourth-order valence-corrected chi connectivity index (χ4v) is 7.03. The van der Waals surface area contributed by atoms with E-state index < -0.39 is 0 Å². The Balaban J connectivity index is 1.46. The normalized spacial score (nSPS) is 11.7. The number of rotatable bonds is 3. The zero-order valence-electron chi connectivity index (χ0n) is 23.4. The van der Waals surface area contributed by atoms with E-state index in [1.807, 2.05) is 0 Å². The Hall–Kier alpha value is -5.66. The second kappa shape index (κ2) is 9.44. The molecule has 0 saturated heterocycles. The molecule has 0 aliphatic carbocycles. The molecule has 0 aliphatic rings. The van der Waals surface area contributed by atoms with Crippen LogP contribution in [0.1, 0.15) is 0 Å². The summed E-state index contributed by atoms with van der Waals surface area (Å²) in [7, 11) is 0. The third-order valence-corrected chi connectivity index (χ3v) is 8.87. The van der Waals surface area contributed by atoms with Crippen molar-refractivity contribution >= 4 is 54.3 Å². The van der Waals surface area contributed by atoms with Crippen molar-refractivity contribution in [2.45, 2.75) is 0 Å².